The van der Waals surface area contributed by atoms with Gasteiger partial charge in [0.1, 0.15) is 11.4 Å². The van der Waals surface area contributed by atoms with Crippen LogP contribution in [0.3, 0.4) is 0 Å². The molecule has 0 N–H and O–H groups in total. The number of hydrogen-bond donors (Lipinski definition) is 0. The van der Waals surface area contributed by atoms with E-state index in [1.165, 1.54) is 22.9 Å². The third kappa shape index (κ3) is 3.28. The van der Waals surface area contributed by atoms with E-state index in [4.69, 9.17) is 0 Å². The zero-order valence-corrected chi connectivity index (χ0v) is 15.6. The summed E-state index contributed by atoms with van der Waals surface area (Å²) in [7, 11) is 1.93. The number of aromatic nitrogens is 2. The average molecular weight is 370 g/mol. The van der Waals surface area contributed by atoms with Crippen LogP contribution in [0.5, 0.6) is 0 Å². The number of thiophene rings is 1. The molecule has 0 radical (unpaired) electrons. The summed E-state index contributed by atoms with van der Waals surface area (Å²) < 4.78 is 1.06. The molecule has 0 bridgehead atoms. The molecule has 6 heteroatoms. The van der Waals surface area contributed by atoms with Crippen LogP contribution in [0.25, 0.3) is 10.2 Å². The summed E-state index contributed by atoms with van der Waals surface area (Å²) in [5, 5.41) is 2.90. The summed E-state index contributed by atoms with van der Waals surface area (Å²) in [6, 6.07) is 10.7. The Morgan fingerprint density at radius 2 is 2.20 bits per heavy atom. The molecule has 25 heavy (non-hydrogen) atoms. The van der Waals surface area contributed by atoms with E-state index in [0.717, 1.165) is 34.5 Å². The van der Waals surface area contributed by atoms with Crippen molar-refractivity contribution in [2.45, 2.75) is 30.3 Å². The highest BCUT2D eigenvalue weighted by Gasteiger charge is 2.26. The fourth-order valence-corrected chi connectivity index (χ4v) is 5.28. The van der Waals surface area contributed by atoms with Crippen LogP contribution in [0.2, 0.25) is 0 Å². The molecule has 2 aromatic heterocycles. The Kier molecular flexibility index (Phi) is 4.72. The molecule has 0 fully saturated rings. The second kappa shape index (κ2) is 7.14. The van der Waals surface area contributed by atoms with Crippen LogP contribution in [-0.4, -0.2) is 33.6 Å². The molecule has 1 aliphatic rings. The fraction of sp³-hybridized carbons (Fsp3) is 0.316. The van der Waals surface area contributed by atoms with E-state index in [-0.39, 0.29) is 11.9 Å². The number of hydrogen-bond acceptors (Lipinski definition) is 5. The Bertz CT molecular complexity index is 908. The summed E-state index contributed by atoms with van der Waals surface area (Å²) in [4.78, 5) is 23.3. The molecule has 0 aliphatic heterocycles. The van der Waals surface area contributed by atoms with Crippen molar-refractivity contribution in [3.05, 3.63) is 53.2 Å². The van der Waals surface area contributed by atoms with E-state index in [1.54, 1.807) is 17.7 Å². The molecule has 1 unspecified atom stereocenters. The van der Waals surface area contributed by atoms with Gasteiger partial charge in [-0.2, -0.15) is 0 Å². The molecule has 0 spiro atoms. The van der Waals surface area contributed by atoms with Gasteiger partial charge in [-0.3, -0.25) is 4.79 Å². The van der Waals surface area contributed by atoms with Crippen molar-refractivity contribution in [3.63, 3.8) is 0 Å². The lowest BCUT2D eigenvalue weighted by Gasteiger charge is -2.33. The predicted octanol–water partition coefficient (Wildman–Crippen LogP) is 4.32. The second-order valence-electron chi connectivity index (χ2n) is 6.21. The number of rotatable bonds is 4. The molecular weight excluding hydrogens is 350 g/mol. The third-order valence-electron chi connectivity index (χ3n) is 4.74. The minimum atomic E-state index is 0.148. The summed E-state index contributed by atoms with van der Waals surface area (Å²) in [6.45, 7) is 0. The molecule has 4 nitrogen and oxygen atoms in total. The number of aryl methyl sites for hydroxylation is 1. The number of fused-ring (bicyclic) bond motifs is 2. The molecule has 1 aromatic carbocycles. The van der Waals surface area contributed by atoms with Crippen molar-refractivity contribution in [3.8, 4) is 0 Å². The lowest BCUT2D eigenvalue weighted by molar-refractivity contribution is -0.129. The van der Waals surface area contributed by atoms with Gasteiger partial charge in [0.25, 0.3) is 0 Å². The Morgan fingerprint density at radius 3 is 3.12 bits per heavy atom. The van der Waals surface area contributed by atoms with Gasteiger partial charge < -0.3 is 4.90 Å². The van der Waals surface area contributed by atoms with Crippen molar-refractivity contribution in [2.75, 3.05) is 12.8 Å². The van der Waals surface area contributed by atoms with Crippen molar-refractivity contribution in [1.82, 2.24) is 14.9 Å². The number of nitrogens with zero attached hydrogens (tertiary/aromatic N) is 3. The number of carbonyl (C=O) groups excluding carboxylic acids is 1. The SMILES string of the molecule is CN(C(=O)CSc1ncnc2ccsc12)C1CCCc2ccccc21. The van der Waals surface area contributed by atoms with Gasteiger partial charge in [-0.25, -0.2) is 9.97 Å². The lowest BCUT2D eigenvalue weighted by atomic mass is 9.87. The van der Waals surface area contributed by atoms with Gasteiger partial charge in [0.2, 0.25) is 5.91 Å². The van der Waals surface area contributed by atoms with Crippen LogP contribution in [0.1, 0.15) is 30.0 Å². The number of benzene rings is 1. The van der Waals surface area contributed by atoms with Crippen molar-refractivity contribution in [2.24, 2.45) is 0 Å². The zero-order chi connectivity index (χ0) is 17.2. The minimum Gasteiger partial charge on any atom is -0.338 e. The highest BCUT2D eigenvalue weighted by molar-refractivity contribution is 8.00. The normalized spacial score (nSPS) is 16.6. The van der Waals surface area contributed by atoms with Gasteiger partial charge in [-0.15, -0.1) is 11.3 Å². The second-order valence-corrected chi connectivity index (χ2v) is 8.09. The Balaban J connectivity index is 1.47. The van der Waals surface area contributed by atoms with Gasteiger partial charge in [-0.05, 0) is 41.8 Å². The summed E-state index contributed by atoms with van der Waals surface area (Å²) in [6.07, 6.45) is 4.85. The first-order chi connectivity index (χ1) is 12.2. The lowest BCUT2D eigenvalue weighted by Crippen LogP contribution is -2.34. The van der Waals surface area contributed by atoms with E-state index < -0.39 is 0 Å². The van der Waals surface area contributed by atoms with Crippen LogP contribution in [-0.2, 0) is 11.2 Å². The van der Waals surface area contributed by atoms with Gasteiger partial charge in [0, 0.05) is 7.05 Å². The largest absolute Gasteiger partial charge is 0.338 e. The number of thioether (sulfide) groups is 1. The summed E-state index contributed by atoms with van der Waals surface area (Å²) in [5.41, 5.74) is 3.63. The van der Waals surface area contributed by atoms with Crippen LogP contribution < -0.4 is 0 Å². The fourth-order valence-electron chi connectivity index (χ4n) is 3.41. The van der Waals surface area contributed by atoms with Crippen molar-refractivity contribution in [1.29, 1.82) is 0 Å². The van der Waals surface area contributed by atoms with Crippen LogP contribution in [0, 0.1) is 0 Å². The minimum absolute atomic E-state index is 0.148. The average Bonchev–Trinajstić information content (AvgIpc) is 3.14. The number of carbonyl (C=O) groups is 1. The molecule has 1 aliphatic carbocycles. The maximum Gasteiger partial charge on any atom is 0.233 e. The molecule has 2 heterocycles. The Labute approximate surface area is 155 Å². The molecule has 3 aromatic rings. The maximum atomic E-state index is 12.8. The van der Waals surface area contributed by atoms with E-state index in [2.05, 4.69) is 34.2 Å². The monoisotopic (exact) mass is 369 g/mol. The Morgan fingerprint density at radius 1 is 1.32 bits per heavy atom. The first kappa shape index (κ1) is 16.5. The summed E-state index contributed by atoms with van der Waals surface area (Å²) >= 11 is 3.13. The molecule has 0 saturated heterocycles. The zero-order valence-electron chi connectivity index (χ0n) is 14.0. The van der Waals surface area contributed by atoms with Crippen molar-refractivity contribution < 1.29 is 4.79 Å². The quantitative estimate of drug-likeness (QED) is 0.507. The number of amides is 1. The van der Waals surface area contributed by atoms with Crippen LogP contribution in [0.15, 0.2) is 47.1 Å². The van der Waals surface area contributed by atoms with Crippen LogP contribution in [0.4, 0.5) is 0 Å². The van der Waals surface area contributed by atoms with E-state index in [0.29, 0.717) is 5.75 Å². The third-order valence-corrected chi connectivity index (χ3v) is 6.76. The standard InChI is InChI=1S/C19H19N3OS2/c1-22(16-8-4-6-13-5-2-3-7-14(13)16)17(23)11-25-19-18-15(9-10-24-18)20-12-21-19/h2-3,5,7,9-10,12,16H,4,6,8,11H2,1H3. The Hall–Kier alpha value is -1.92. The highest BCUT2D eigenvalue weighted by atomic mass is 32.2. The first-order valence-electron chi connectivity index (χ1n) is 8.38. The van der Waals surface area contributed by atoms with Gasteiger partial charge >= 0.3 is 0 Å². The van der Waals surface area contributed by atoms with Gasteiger partial charge in [-0.1, -0.05) is 36.0 Å². The molecule has 128 valence electrons. The van der Waals surface area contributed by atoms with Crippen molar-refractivity contribution >= 4 is 39.2 Å². The predicted molar refractivity (Wildman–Crippen MR) is 103 cm³/mol. The topological polar surface area (TPSA) is 46.1 Å². The molecule has 4 rings (SSSR count). The first-order valence-corrected chi connectivity index (χ1v) is 10.2. The van der Waals surface area contributed by atoms with E-state index in [1.807, 2.05) is 23.4 Å². The maximum absolute atomic E-state index is 12.8. The van der Waals surface area contributed by atoms with Gasteiger partial charge in [0.15, 0.2) is 0 Å². The van der Waals surface area contributed by atoms with E-state index >= 15 is 0 Å². The smallest absolute Gasteiger partial charge is 0.233 e. The molecule has 1 atom stereocenters. The molecule has 0 saturated carbocycles. The van der Waals surface area contributed by atoms with E-state index in [9.17, 15) is 4.79 Å². The molecular formula is C19H19N3OS2. The highest BCUT2D eigenvalue weighted by Crippen LogP contribution is 2.34. The molecule has 1 amide bonds. The van der Waals surface area contributed by atoms with Gasteiger partial charge in [0.05, 0.1) is 22.0 Å². The van der Waals surface area contributed by atoms with Crippen LogP contribution >= 0.6 is 23.1 Å². The summed E-state index contributed by atoms with van der Waals surface area (Å²) in [5.74, 6) is 0.550.